The highest BCUT2D eigenvalue weighted by molar-refractivity contribution is 14.0. The third-order valence-corrected chi connectivity index (χ3v) is 4.65. The van der Waals surface area contributed by atoms with Crippen LogP contribution in [-0.4, -0.2) is 52.9 Å². The summed E-state index contributed by atoms with van der Waals surface area (Å²) in [4.78, 5) is 7.03. The zero-order valence-electron chi connectivity index (χ0n) is 16.6. The molecule has 1 aromatic heterocycles. The van der Waals surface area contributed by atoms with Gasteiger partial charge in [0.1, 0.15) is 17.7 Å². The molecule has 154 valence electrons. The van der Waals surface area contributed by atoms with Crippen molar-refractivity contribution >= 4 is 29.9 Å². The van der Waals surface area contributed by atoms with Crippen molar-refractivity contribution in [1.29, 1.82) is 0 Å². The van der Waals surface area contributed by atoms with E-state index in [-0.39, 0.29) is 35.9 Å². The molecule has 8 heteroatoms. The summed E-state index contributed by atoms with van der Waals surface area (Å²) in [5.41, 5.74) is 1.28. The van der Waals surface area contributed by atoms with Crippen molar-refractivity contribution < 1.29 is 9.13 Å². The summed E-state index contributed by atoms with van der Waals surface area (Å²) in [6, 6.07) is 6.20. The fraction of sp³-hybridized carbons (Fsp3) is 0.500. The molecule has 0 aliphatic carbocycles. The summed E-state index contributed by atoms with van der Waals surface area (Å²) in [5.74, 6) is 1.61. The van der Waals surface area contributed by atoms with Gasteiger partial charge in [0.15, 0.2) is 5.96 Å². The molecule has 0 saturated carbocycles. The van der Waals surface area contributed by atoms with Gasteiger partial charge in [0.25, 0.3) is 0 Å². The number of ether oxygens (including phenoxy) is 1. The molecule has 1 aromatic carbocycles. The lowest BCUT2D eigenvalue weighted by molar-refractivity contribution is 0.228. The molecule has 1 aliphatic rings. The number of hydrogen-bond donors (Lipinski definition) is 1. The largest absolute Gasteiger partial charge is 0.489 e. The van der Waals surface area contributed by atoms with Crippen molar-refractivity contribution in [1.82, 2.24) is 20.0 Å². The predicted molar refractivity (Wildman–Crippen MR) is 120 cm³/mol. The third-order valence-electron chi connectivity index (χ3n) is 4.65. The number of aryl methyl sites for hydroxylation is 1. The Kier molecular flexibility index (Phi) is 8.53. The van der Waals surface area contributed by atoms with Crippen molar-refractivity contribution in [2.24, 2.45) is 12.0 Å². The van der Waals surface area contributed by atoms with E-state index in [1.54, 1.807) is 12.1 Å². The number of hydrogen-bond acceptors (Lipinski definition) is 3. The van der Waals surface area contributed by atoms with Crippen molar-refractivity contribution in [3.63, 3.8) is 0 Å². The zero-order valence-corrected chi connectivity index (χ0v) is 19.0. The molecule has 1 N–H and O–H groups in total. The average molecular weight is 501 g/mol. The van der Waals surface area contributed by atoms with E-state index in [1.165, 1.54) is 17.7 Å². The molecule has 3 rings (SSSR count). The molecule has 1 fully saturated rings. The number of nitrogens with one attached hydrogen (secondary N) is 1. The van der Waals surface area contributed by atoms with E-state index in [4.69, 9.17) is 9.73 Å². The second kappa shape index (κ2) is 10.6. The highest BCUT2D eigenvalue weighted by Gasteiger charge is 2.27. The molecule has 1 aliphatic heterocycles. The summed E-state index contributed by atoms with van der Waals surface area (Å²) in [6.45, 7) is 7.22. The molecule has 0 amide bonds. The zero-order chi connectivity index (χ0) is 19.2. The lowest BCUT2D eigenvalue weighted by Gasteiger charge is -2.22. The molecule has 6 nitrogen and oxygen atoms in total. The number of halogens is 2. The van der Waals surface area contributed by atoms with Gasteiger partial charge in [0.2, 0.25) is 0 Å². The van der Waals surface area contributed by atoms with E-state index in [0.717, 1.165) is 32.0 Å². The number of rotatable bonds is 6. The fourth-order valence-corrected chi connectivity index (χ4v) is 3.33. The maximum Gasteiger partial charge on any atom is 0.194 e. The molecular weight excluding hydrogens is 472 g/mol. The third kappa shape index (κ3) is 6.08. The van der Waals surface area contributed by atoms with Gasteiger partial charge in [0.05, 0.1) is 12.7 Å². The first kappa shape index (κ1) is 22.4. The van der Waals surface area contributed by atoms with Crippen LogP contribution in [0, 0.1) is 5.82 Å². The van der Waals surface area contributed by atoms with Crippen LogP contribution in [0.15, 0.2) is 41.7 Å². The van der Waals surface area contributed by atoms with E-state index in [2.05, 4.69) is 28.4 Å². The second-order valence-electron chi connectivity index (χ2n) is 6.96. The SMILES string of the molecule is CCNC(=NCC(C)Oc1cccc(F)c1)N1CCC(c2cnn(C)c2)C1.I. The molecule has 2 unspecified atom stereocenters. The Morgan fingerprint density at radius 3 is 2.96 bits per heavy atom. The van der Waals surface area contributed by atoms with Crippen LogP contribution >= 0.6 is 24.0 Å². The molecule has 1 saturated heterocycles. The minimum Gasteiger partial charge on any atom is -0.489 e. The molecule has 2 aromatic rings. The second-order valence-corrected chi connectivity index (χ2v) is 6.96. The smallest absolute Gasteiger partial charge is 0.194 e. The van der Waals surface area contributed by atoms with Crippen LogP contribution in [0.2, 0.25) is 0 Å². The van der Waals surface area contributed by atoms with Crippen LogP contribution in [0.4, 0.5) is 4.39 Å². The van der Waals surface area contributed by atoms with Gasteiger partial charge in [-0.2, -0.15) is 5.10 Å². The minimum absolute atomic E-state index is 0. The van der Waals surface area contributed by atoms with Crippen LogP contribution in [0.3, 0.4) is 0 Å². The van der Waals surface area contributed by atoms with Crippen molar-refractivity contribution in [3.8, 4) is 5.75 Å². The number of guanidine groups is 1. The quantitative estimate of drug-likeness (QED) is 0.375. The maximum absolute atomic E-state index is 13.3. The Morgan fingerprint density at radius 2 is 2.29 bits per heavy atom. The van der Waals surface area contributed by atoms with Gasteiger partial charge in [-0.05, 0) is 38.0 Å². The van der Waals surface area contributed by atoms with Gasteiger partial charge in [-0.3, -0.25) is 4.68 Å². The van der Waals surface area contributed by atoms with Gasteiger partial charge in [0, 0.05) is 44.9 Å². The van der Waals surface area contributed by atoms with E-state index in [0.29, 0.717) is 18.2 Å². The monoisotopic (exact) mass is 501 g/mol. The number of nitrogens with zero attached hydrogens (tertiary/aromatic N) is 4. The van der Waals surface area contributed by atoms with Gasteiger partial charge < -0.3 is 15.0 Å². The number of aliphatic imine (C=N–C) groups is 1. The molecule has 2 heterocycles. The van der Waals surface area contributed by atoms with Crippen molar-refractivity contribution in [2.75, 3.05) is 26.2 Å². The first-order valence-electron chi connectivity index (χ1n) is 9.49. The minimum atomic E-state index is -0.296. The number of benzene rings is 1. The summed E-state index contributed by atoms with van der Waals surface area (Å²) < 4.78 is 20.9. The molecule has 0 radical (unpaired) electrons. The van der Waals surface area contributed by atoms with Crippen LogP contribution < -0.4 is 10.1 Å². The molecule has 2 atom stereocenters. The van der Waals surface area contributed by atoms with Crippen LogP contribution in [0.5, 0.6) is 5.75 Å². The fourth-order valence-electron chi connectivity index (χ4n) is 3.33. The molecule has 0 spiro atoms. The Hall–Kier alpha value is -1.84. The first-order valence-corrected chi connectivity index (χ1v) is 9.49. The lowest BCUT2D eigenvalue weighted by atomic mass is 10.0. The van der Waals surface area contributed by atoms with Crippen LogP contribution in [-0.2, 0) is 7.05 Å². The predicted octanol–water partition coefficient (Wildman–Crippen LogP) is 3.40. The van der Waals surface area contributed by atoms with Crippen LogP contribution in [0.1, 0.15) is 31.7 Å². The molecule has 28 heavy (non-hydrogen) atoms. The van der Waals surface area contributed by atoms with Gasteiger partial charge in [-0.25, -0.2) is 9.38 Å². The summed E-state index contributed by atoms with van der Waals surface area (Å²) in [5, 5.41) is 7.65. The highest BCUT2D eigenvalue weighted by Crippen LogP contribution is 2.26. The Bertz CT molecular complexity index is 781. The standard InChI is InChI=1S/C20H28FN5O.HI/c1-4-22-20(23-11-15(2)27-19-7-5-6-18(21)10-19)26-9-8-16(14-26)17-12-24-25(3)13-17;/h5-7,10,12-13,15-16H,4,8-9,11,14H2,1-3H3,(H,22,23);1H. The lowest BCUT2D eigenvalue weighted by Crippen LogP contribution is -2.40. The van der Waals surface area contributed by atoms with Gasteiger partial charge in [-0.15, -0.1) is 24.0 Å². The highest BCUT2D eigenvalue weighted by atomic mass is 127. The number of likely N-dealkylation sites (tertiary alicyclic amines) is 1. The summed E-state index contributed by atoms with van der Waals surface area (Å²) in [6.07, 6.45) is 4.99. The van der Waals surface area contributed by atoms with Gasteiger partial charge >= 0.3 is 0 Å². The van der Waals surface area contributed by atoms with E-state index >= 15 is 0 Å². The Balaban J connectivity index is 0.00000280. The van der Waals surface area contributed by atoms with E-state index in [1.807, 2.05) is 24.9 Å². The van der Waals surface area contributed by atoms with Crippen molar-refractivity contribution in [2.45, 2.75) is 32.3 Å². The van der Waals surface area contributed by atoms with Crippen molar-refractivity contribution in [3.05, 3.63) is 48.0 Å². The van der Waals surface area contributed by atoms with Crippen LogP contribution in [0.25, 0.3) is 0 Å². The maximum atomic E-state index is 13.3. The number of aromatic nitrogens is 2. The Morgan fingerprint density at radius 1 is 1.46 bits per heavy atom. The molecular formula is C20H29FIN5O. The normalized spacial score (nSPS) is 17.9. The summed E-state index contributed by atoms with van der Waals surface area (Å²) >= 11 is 0. The average Bonchev–Trinajstić information content (AvgIpc) is 3.27. The Labute approximate surface area is 183 Å². The van der Waals surface area contributed by atoms with E-state index < -0.39 is 0 Å². The topological polar surface area (TPSA) is 54.7 Å². The summed E-state index contributed by atoms with van der Waals surface area (Å²) in [7, 11) is 1.95. The first-order chi connectivity index (χ1) is 13.0. The van der Waals surface area contributed by atoms with Gasteiger partial charge in [-0.1, -0.05) is 6.07 Å². The van der Waals surface area contributed by atoms with E-state index in [9.17, 15) is 4.39 Å². The molecule has 0 bridgehead atoms.